The van der Waals surface area contributed by atoms with Crippen LogP contribution in [0, 0.1) is 0 Å². The van der Waals surface area contributed by atoms with Crippen molar-refractivity contribution in [2.45, 2.75) is 45.8 Å². The standard InChI is InChI=1S/C23H28BrClN2O4/c1-5-15(2)26-23(29)16(3)27(13-17-6-9-19(30-4)10-7-17)22(28)14-31-21-11-8-18(24)12-20(21)25/h6-12,15-16H,5,13-14H2,1-4H3,(H,26,29)/t15-,16+/m0/s1. The molecule has 0 aromatic heterocycles. The summed E-state index contributed by atoms with van der Waals surface area (Å²) in [6.07, 6.45) is 0.802. The molecule has 8 heteroatoms. The van der Waals surface area contributed by atoms with Crippen molar-refractivity contribution in [1.82, 2.24) is 10.2 Å². The monoisotopic (exact) mass is 510 g/mol. The van der Waals surface area contributed by atoms with Crippen LogP contribution in [-0.4, -0.2) is 42.5 Å². The van der Waals surface area contributed by atoms with E-state index < -0.39 is 6.04 Å². The van der Waals surface area contributed by atoms with Gasteiger partial charge in [0, 0.05) is 17.1 Å². The van der Waals surface area contributed by atoms with Crippen molar-refractivity contribution < 1.29 is 19.1 Å². The molecule has 0 unspecified atom stereocenters. The molecule has 0 bridgehead atoms. The largest absolute Gasteiger partial charge is 0.497 e. The normalized spacial score (nSPS) is 12.6. The van der Waals surface area contributed by atoms with Gasteiger partial charge in [-0.25, -0.2) is 0 Å². The summed E-state index contributed by atoms with van der Waals surface area (Å²) in [7, 11) is 1.59. The third-order valence-electron chi connectivity index (χ3n) is 4.93. The molecule has 0 aliphatic rings. The summed E-state index contributed by atoms with van der Waals surface area (Å²) in [6, 6.07) is 11.9. The van der Waals surface area contributed by atoms with Crippen LogP contribution in [0.5, 0.6) is 11.5 Å². The summed E-state index contributed by atoms with van der Waals surface area (Å²) < 4.78 is 11.6. The molecule has 2 aromatic rings. The number of hydrogen-bond donors (Lipinski definition) is 1. The summed E-state index contributed by atoms with van der Waals surface area (Å²) in [4.78, 5) is 27.3. The van der Waals surface area contributed by atoms with Crippen LogP contribution in [0.4, 0.5) is 0 Å². The van der Waals surface area contributed by atoms with E-state index in [4.69, 9.17) is 21.1 Å². The van der Waals surface area contributed by atoms with Crippen LogP contribution in [0.2, 0.25) is 5.02 Å². The zero-order valence-electron chi connectivity index (χ0n) is 18.2. The van der Waals surface area contributed by atoms with Gasteiger partial charge in [0.15, 0.2) is 6.61 Å². The topological polar surface area (TPSA) is 67.9 Å². The summed E-state index contributed by atoms with van der Waals surface area (Å²) in [6.45, 7) is 5.66. The highest BCUT2D eigenvalue weighted by molar-refractivity contribution is 9.10. The predicted molar refractivity (Wildman–Crippen MR) is 126 cm³/mol. The zero-order valence-corrected chi connectivity index (χ0v) is 20.5. The highest BCUT2D eigenvalue weighted by atomic mass is 79.9. The highest BCUT2D eigenvalue weighted by Gasteiger charge is 2.27. The maximum absolute atomic E-state index is 13.1. The minimum Gasteiger partial charge on any atom is -0.497 e. The lowest BCUT2D eigenvalue weighted by atomic mass is 10.1. The first-order chi connectivity index (χ1) is 14.7. The second kappa shape index (κ2) is 12.0. The highest BCUT2D eigenvalue weighted by Crippen LogP contribution is 2.27. The Balaban J connectivity index is 2.17. The van der Waals surface area contributed by atoms with Crippen LogP contribution >= 0.6 is 27.5 Å². The van der Waals surface area contributed by atoms with Crippen molar-refractivity contribution in [3.63, 3.8) is 0 Å². The number of ether oxygens (including phenoxy) is 2. The van der Waals surface area contributed by atoms with Crippen molar-refractivity contribution in [3.05, 3.63) is 57.5 Å². The molecule has 0 saturated heterocycles. The molecule has 0 heterocycles. The van der Waals surface area contributed by atoms with Gasteiger partial charge in [-0.15, -0.1) is 0 Å². The van der Waals surface area contributed by atoms with Gasteiger partial charge in [0.1, 0.15) is 17.5 Å². The van der Waals surface area contributed by atoms with Crippen molar-refractivity contribution in [2.24, 2.45) is 0 Å². The summed E-state index contributed by atoms with van der Waals surface area (Å²) in [5, 5.41) is 3.33. The van der Waals surface area contributed by atoms with Crippen LogP contribution in [0.15, 0.2) is 46.9 Å². The van der Waals surface area contributed by atoms with Gasteiger partial charge in [-0.2, -0.15) is 0 Å². The zero-order chi connectivity index (χ0) is 23.0. The molecule has 6 nitrogen and oxygen atoms in total. The van der Waals surface area contributed by atoms with Gasteiger partial charge in [0.2, 0.25) is 5.91 Å². The van der Waals surface area contributed by atoms with Crippen molar-refractivity contribution in [1.29, 1.82) is 0 Å². The molecular weight excluding hydrogens is 484 g/mol. The van der Waals surface area contributed by atoms with Gasteiger partial charge in [-0.1, -0.05) is 46.6 Å². The Morgan fingerprint density at radius 3 is 2.42 bits per heavy atom. The molecule has 0 spiro atoms. The lowest BCUT2D eigenvalue weighted by molar-refractivity contribution is -0.142. The van der Waals surface area contributed by atoms with E-state index in [-0.39, 0.29) is 31.0 Å². The summed E-state index contributed by atoms with van der Waals surface area (Å²) in [5.41, 5.74) is 0.874. The fourth-order valence-corrected chi connectivity index (χ4v) is 3.52. The maximum atomic E-state index is 13.1. The van der Waals surface area contributed by atoms with E-state index in [0.29, 0.717) is 10.8 Å². The number of nitrogens with zero attached hydrogens (tertiary/aromatic N) is 1. The van der Waals surface area contributed by atoms with Crippen molar-refractivity contribution in [3.8, 4) is 11.5 Å². The van der Waals surface area contributed by atoms with E-state index in [0.717, 1.165) is 22.2 Å². The minimum absolute atomic E-state index is 0.0192. The number of methoxy groups -OCH3 is 1. The SMILES string of the molecule is CC[C@H](C)NC(=O)[C@@H](C)N(Cc1ccc(OC)cc1)C(=O)COc1ccc(Br)cc1Cl. The molecule has 0 aliphatic carbocycles. The number of rotatable bonds is 10. The van der Waals surface area contributed by atoms with E-state index in [9.17, 15) is 9.59 Å². The fraction of sp³-hybridized carbons (Fsp3) is 0.391. The molecule has 0 saturated carbocycles. The Morgan fingerprint density at radius 1 is 1.16 bits per heavy atom. The number of amides is 2. The first-order valence-corrected chi connectivity index (χ1v) is 11.2. The molecule has 2 amide bonds. The van der Waals surface area contributed by atoms with Gasteiger partial charge in [0.05, 0.1) is 12.1 Å². The first kappa shape index (κ1) is 25.0. The van der Waals surface area contributed by atoms with E-state index in [2.05, 4.69) is 21.2 Å². The van der Waals surface area contributed by atoms with Crippen LogP contribution in [-0.2, 0) is 16.1 Å². The van der Waals surface area contributed by atoms with Gasteiger partial charge in [-0.3, -0.25) is 9.59 Å². The Labute approximate surface area is 197 Å². The second-order valence-electron chi connectivity index (χ2n) is 7.23. The predicted octanol–water partition coefficient (Wildman–Crippen LogP) is 4.82. The van der Waals surface area contributed by atoms with E-state index >= 15 is 0 Å². The maximum Gasteiger partial charge on any atom is 0.261 e. The number of carbonyl (C=O) groups excluding carboxylic acids is 2. The van der Waals surface area contributed by atoms with Crippen LogP contribution in [0.25, 0.3) is 0 Å². The third-order valence-corrected chi connectivity index (χ3v) is 5.71. The van der Waals surface area contributed by atoms with E-state index in [1.54, 1.807) is 32.2 Å². The van der Waals surface area contributed by atoms with Crippen molar-refractivity contribution in [2.75, 3.05) is 13.7 Å². The van der Waals surface area contributed by atoms with Gasteiger partial charge >= 0.3 is 0 Å². The van der Waals surface area contributed by atoms with Gasteiger partial charge in [0.25, 0.3) is 5.91 Å². The lowest BCUT2D eigenvalue weighted by Crippen LogP contribution is -2.50. The van der Waals surface area contributed by atoms with Crippen LogP contribution < -0.4 is 14.8 Å². The molecule has 168 valence electrons. The van der Waals surface area contributed by atoms with Crippen LogP contribution in [0.1, 0.15) is 32.8 Å². The molecule has 2 rings (SSSR count). The van der Waals surface area contributed by atoms with Gasteiger partial charge < -0.3 is 19.7 Å². The minimum atomic E-state index is -0.674. The van der Waals surface area contributed by atoms with Crippen molar-refractivity contribution >= 4 is 39.3 Å². The molecule has 0 aliphatic heterocycles. The Kier molecular flexibility index (Phi) is 9.65. The summed E-state index contributed by atoms with van der Waals surface area (Å²) >= 11 is 9.52. The molecule has 2 atom stereocenters. The number of halogens is 2. The molecule has 0 fully saturated rings. The number of hydrogen-bond acceptors (Lipinski definition) is 4. The van der Waals surface area contributed by atoms with Crippen LogP contribution in [0.3, 0.4) is 0 Å². The number of nitrogens with one attached hydrogen (secondary N) is 1. The Bertz CT molecular complexity index is 892. The quantitative estimate of drug-likeness (QED) is 0.496. The molecule has 0 radical (unpaired) electrons. The average Bonchev–Trinajstić information content (AvgIpc) is 2.76. The van der Waals surface area contributed by atoms with Gasteiger partial charge in [-0.05, 0) is 56.2 Å². The molecule has 31 heavy (non-hydrogen) atoms. The number of carbonyl (C=O) groups is 2. The molecular formula is C23H28BrClN2O4. The third kappa shape index (κ3) is 7.43. The van der Waals surface area contributed by atoms with E-state index in [1.165, 1.54) is 4.90 Å². The van der Waals surface area contributed by atoms with E-state index in [1.807, 2.05) is 38.1 Å². The Morgan fingerprint density at radius 2 is 1.84 bits per heavy atom. The first-order valence-electron chi connectivity index (χ1n) is 10.1. The lowest BCUT2D eigenvalue weighted by Gasteiger charge is -2.29. The summed E-state index contributed by atoms with van der Waals surface area (Å²) in [5.74, 6) is 0.594. The number of benzene rings is 2. The second-order valence-corrected chi connectivity index (χ2v) is 8.55. The smallest absolute Gasteiger partial charge is 0.261 e. The fourth-order valence-electron chi connectivity index (χ4n) is 2.79. The average molecular weight is 512 g/mol. The molecule has 2 aromatic carbocycles. The Hall–Kier alpha value is -2.25. The molecule has 1 N–H and O–H groups in total.